The number of anilines is 1. The molecule has 0 aliphatic carbocycles. The van der Waals surface area contributed by atoms with Gasteiger partial charge in [0.1, 0.15) is 29.4 Å². The van der Waals surface area contributed by atoms with Crippen molar-refractivity contribution in [2.24, 2.45) is 0 Å². The van der Waals surface area contributed by atoms with Crippen LogP contribution in [-0.4, -0.2) is 57.2 Å². The zero-order chi connectivity index (χ0) is 27.1. The first-order chi connectivity index (χ1) is 18.9. The second kappa shape index (κ2) is 9.72. The highest BCUT2D eigenvalue weighted by atomic mass is 16.5. The number of benzene rings is 1. The van der Waals surface area contributed by atoms with Gasteiger partial charge in [0.05, 0.1) is 25.3 Å². The standard InChI is InChI=1S/C30H33N7O2/c1-18-14-20(6-8-24(18)38-4)26-19(2)34-29(36-26)30(3)10-12-37(13-11-30)28-22-15-23(35-27(22)32-17-33-28)21-7-9-25(39-5)31-16-21/h6-9,14-17H,10-13H2,1-5H3,(H,34,36)(H,32,33,35). The largest absolute Gasteiger partial charge is 0.496 e. The van der Waals surface area contributed by atoms with Gasteiger partial charge in [-0.15, -0.1) is 0 Å². The summed E-state index contributed by atoms with van der Waals surface area (Å²) in [7, 11) is 3.32. The first-order valence-corrected chi connectivity index (χ1v) is 13.2. The molecule has 0 atom stereocenters. The van der Waals surface area contributed by atoms with Gasteiger partial charge in [0.2, 0.25) is 5.88 Å². The summed E-state index contributed by atoms with van der Waals surface area (Å²) < 4.78 is 10.6. The van der Waals surface area contributed by atoms with E-state index in [4.69, 9.17) is 19.4 Å². The molecule has 200 valence electrons. The number of fused-ring (bicyclic) bond motifs is 1. The topological polar surface area (TPSA) is 105 Å². The van der Waals surface area contributed by atoms with E-state index in [-0.39, 0.29) is 5.41 Å². The van der Waals surface area contributed by atoms with E-state index in [1.54, 1.807) is 26.7 Å². The summed E-state index contributed by atoms with van der Waals surface area (Å²) in [5.41, 5.74) is 7.00. The third kappa shape index (κ3) is 4.47. The average molecular weight is 524 g/mol. The van der Waals surface area contributed by atoms with E-state index in [0.717, 1.165) is 88.1 Å². The molecule has 4 aromatic heterocycles. The smallest absolute Gasteiger partial charge is 0.212 e. The van der Waals surface area contributed by atoms with Crippen molar-refractivity contribution >= 4 is 16.9 Å². The van der Waals surface area contributed by atoms with E-state index >= 15 is 0 Å². The predicted octanol–water partition coefficient (Wildman–Crippen LogP) is 5.60. The normalized spacial score (nSPS) is 15.1. The summed E-state index contributed by atoms with van der Waals surface area (Å²) in [5.74, 6) is 3.48. The van der Waals surface area contributed by atoms with Gasteiger partial charge in [-0.05, 0) is 62.6 Å². The third-order valence-electron chi connectivity index (χ3n) is 7.95. The molecule has 0 radical (unpaired) electrons. The minimum absolute atomic E-state index is 0.0504. The second-order valence-corrected chi connectivity index (χ2v) is 10.5. The second-order valence-electron chi connectivity index (χ2n) is 10.5. The van der Waals surface area contributed by atoms with Gasteiger partial charge in [0.15, 0.2) is 0 Å². The molecular formula is C30H33N7O2. The maximum Gasteiger partial charge on any atom is 0.212 e. The Morgan fingerprint density at radius 1 is 0.897 bits per heavy atom. The minimum atomic E-state index is -0.0504. The number of H-pyrrole nitrogens is 2. The monoisotopic (exact) mass is 523 g/mol. The van der Waals surface area contributed by atoms with Crippen LogP contribution in [0.15, 0.2) is 48.9 Å². The lowest BCUT2D eigenvalue weighted by Gasteiger charge is -2.38. The lowest BCUT2D eigenvalue weighted by Crippen LogP contribution is -2.42. The molecule has 39 heavy (non-hydrogen) atoms. The SMILES string of the molecule is COc1ccc(-c2cc3c(N4CCC(C)(c5nc(-c6ccc(OC)c(C)c6)c(C)[nH]5)CC4)ncnc3[nH]2)cn1. The number of aryl methyl sites for hydroxylation is 2. The van der Waals surface area contributed by atoms with Gasteiger partial charge in [0, 0.05) is 53.3 Å². The molecule has 5 aromatic rings. The van der Waals surface area contributed by atoms with Crippen LogP contribution in [0.4, 0.5) is 5.82 Å². The number of ether oxygens (including phenoxy) is 2. The van der Waals surface area contributed by atoms with E-state index in [1.165, 1.54) is 0 Å². The van der Waals surface area contributed by atoms with Crippen LogP contribution in [0.3, 0.4) is 0 Å². The van der Waals surface area contributed by atoms with Crippen molar-refractivity contribution in [1.82, 2.24) is 29.9 Å². The molecule has 6 rings (SSSR count). The fourth-order valence-corrected chi connectivity index (χ4v) is 5.50. The van der Waals surface area contributed by atoms with E-state index in [9.17, 15) is 0 Å². The van der Waals surface area contributed by atoms with Gasteiger partial charge in [0.25, 0.3) is 0 Å². The maximum absolute atomic E-state index is 5.44. The molecule has 9 heteroatoms. The average Bonchev–Trinajstić information content (AvgIpc) is 3.58. The van der Waals surface area contributed by atoms with E-state index in [1.807, 2.05) is 18.2 Å². The molecule has 9 nitrogen and oxygen atoms in total. The highest BCUT2D eigenvalue weighted by Crippen LogP contribution is 2.38. The number of hydrogen-bond donors (Lipinski definition) is 2. The number of imidazole rings is 1. The van der Waals surface area contributed by atoms with Gasteiger partial charge in [-0.1, -0.05) is 6.92 Å². The van der Waals surface area contributed by atoms with E-state index in [0.29, 0.717) is 5.88 Å². The van der Waals surface area contributed by atoms with Gasteiger partial charge in [-0.3, -0.25) is 0 Å². The third-order valence-corrected chi connectivity index (χ3v) is 7.95. The fourth-order valence-electron chi connectivity index (χ4n) is 5.50. The summed E-state index contributed by atoms with van der Waals surface area (Å²) in [5, 5.41) is 1.01. The van der Waals surface area contributed by atoms with Crippen LogP contribution in [0.2, 0.25) is 0 Å². The lowest BCUT2D eigenvalue weighted by molar-refractivity contribution is 0.345. The Hall–Kier alpha value is -4.40. The van der Waals surface area contributed by atoms with Crippen molar-refractivity contribution in [2.75, 3.05) is 32.2 Å². The Morgan fingerprint density at radius 3 is 2.38 bits per heavy atom. The van der Waals surface area contributed by atoms with Crippen molar-refractivity contribution < 1.29 is 9.47 Å². The Balaban J connectivity index is 1.23. The zero-order valence-electron chi connectivity index (χ0n) is 23.0. The molecule has 0 unspecified atom stereocenters. The van der Waals surface area contributed by atoms with Crippen LogP contribution in [0.5, 0.6) is 11.6 Å². The molecule has 5 heterocycles. The predicted molar refractivity (Wildman–Crippen MR) is 153 cm³/mol. The molecule has 1 fully saturated rings. The molecular weight excluding hydrogens is 490 g/mol. The van der Waals surface area contributed by atoms with Crippen molar-refractivity contribution in [3.63, 3.8) is 0 Å². The number of piperidine rings is 1. The Labute approximate surface area is 227 Å². The molecule has 0 amide bonds. The summed E-state index contributed by atoms with van der Waals surface area (Å²) in [4.78, 5) is 28.0. The van der Waals surface area contributed by atoms with Crippen LogP contribution in [-0.2, 0) is 5.41 Å². The Bertz CT molecular complexity index is 1630. The zero-order valence-corrected chi connectivity index (χ0v) is 23.0. The van der Waals surface area contributed by atoms with Gasteiger partial charge in [-0.25, -0.2) is 19.9 Å². The van der Waals surface area contributed by atoms with Gasteiger partial charge < -0.3 is 24.3 Å². The minimum Gasteiger partial charge on any atom is -0.496 e. The Morgan fingerprint density at radius 2 is 1.69 bits per heavy atom. The number of hydrogen-bond acceptors (Lipinski definition) is 7. The van der Waals surface area contributed by atoms with Crippen molar-refractivity contribution in [3.8, 4) is 34.1 Å². The summed E-state index contributed by atoms with van der Waals surface area (Å²) >= 11 is 0. The van der Waals surface area contributed by atoms with Crippen LogP contribution < -0.4 is 14.4 Å². The molecule has 1 aliphatic heterocycles. The van der Waals surface area contributed by atoms with Crippen molar-refractivity contribution in [3.05, 3.63) is 66.0 Å². The molecule has 1 aromatic carbocycles. The number of methoxy groups -OCH3 is 2. The summed E-state index contributed by atoms with van der Waals surface area (Å²) in [6.45, 7) is 8.23. The number of aromatic nitrogens is 6. The first-order valence-electron chi connectivity index (χ1n) is 13.2. The first kappa shape index (κ1) is 24.9. The molecule has 0 spiro atoms. The van der Waals surface area contributed by atoms with E-state index < -0.39 is 0 Å². The highest BCUT2D eigenvalue weighted by Gasteiger charge is 2.36. The fraction of sp³-hybridized carbons (Fsp3) is 0.333. The van der Waals surface area contributed by atoms with Crippen LogP contribution >= 0.6 is 0 Å². The Kier molecular flexibility index (Phi) is 6.21. The van der Waals surface area contributed by atoms with Gasteiger partial charge in [-0.2, -0.15) is 0 Å². The summed E-state index contributed by atoms with van der Waals surface area (Å²) in [6.07, 6.45) is 5.37. The molecule has 2 N–H and O–H groups in total. The van der Waals surface area contributed by atoms with Crippen LogP contribution in [0.25, 0.3) is 33.5 Å². The number of aromatic amines is 2. The van der Waals surface area contributed by atoms with Crippen LogP contribution in [0, 0.1) is 13.8 Å². The van der Waals surface area contributed by atoms with Crippen molar-refractivity contribution in [2.45, 2.75) is 39.0 Å². The number of pyridine rings is 1. The highest BCUT2D eigenvalue weighted by molar-refractivity contribution is 5.91. The van der Waals surface area contributed by atoms with E-state index in [2.05, 4.69) is 63.8 Å². The van der Waals surface area contributed by atoms with Crippen molar-refractivity contribution in [1.29, 1.82) is 0 Å². The quantitative estimate of drug-likeness (QED) is 0.298. The number of rotatable bonds is 6. The summed E-state index contributed by atoms with van der Waals surface area (Å²) in [6, 6.07) is 12.2. The maximum atomic E-state index is 5.44. The van der Waals surface area contributed by atoms with Crippen LogP contribution in [0.1, 0.15) is 36.8 Å². The molecule has 0 saturated carbocycles. The van der Waals surface area contributed by atoms with Gasteiger partial charge >= 0.3 is 0 Å². The number of nitrogens with zero attached hydrogens (tertiary/aromatic N) is 5. The molecule has 0 bridgehead atoms. The lowest BCUT2D eigenvalue weighted by atomic mass is 9.79. The molecule has 1 aliphatic rings. The number of nitrogens with one attached hydrogen (secondary N) is 2. The molecule has 1 saturated heterocycles.